The van der Waals surface area contributed by atoms with Gasteiger partial charge in [-0.15, -0.1) is 0 Å². The van der Waals surface area contributed by atoms with Gasteiger partial charge < -0.3 is 14.6 Å². The van der Waals surface area contributed by atoms with Crippen molar-refractivity contribution >= 4 is 0 Å². The highest BCUT2D eigenvalue weighted by molar-refractivity contribution is 5.04. The molecule has 1 N–H and O–H groups in total. The molecule has 3 nitrogen and oxygen atoms in total. The van der Waals surface area contributed by atoms with Crippen molar-refractivity contribution in [2.45, 2.75) is 32.2 Å². The van der Waals surface area contributed by atoms with Crippen LogP contribution in [0.25, 0.3) is 0 Å². The normalized spacial score (nSPS) is 23.8. The van der Waals surface area contributed by atoms with E-state index in [2.05, 4.69) is 30.3 Å². The summed E-state index contributed by atoms with van der Waals surface area (Å²) in [7, 11) is 2.22. The van der Waals surface area contributed by atoms with Gasteiger partial charge in [0.05, 0.1) is 12.3 Å². The van der Waals surface area contributed by atoms with Crippen molar-refractivity contribution in [2.75, 3.05) is 26.7 Å². The van der Waals surface area contributed by atoms with Crippen LogP contribution < -0.4 is 5.32 Å². The lowest BCUT2D eigenvalue weighted by atomic mass is 9.98. The second kappa shape index (κ2) is 6.22. The molecular weight excluding hydrogens is 212 g/mol. The molecule has 1 saturated heterocycles. The first-order valence-electron chi connectivity index (χ1n) is 6.75. The summed E-state index contributed by atoms with van der Waals surface area (Å²) in [6.07, 6.45) is 5.52. The van der Waals surface area contributed by atoms with E-state index in [1.807, 2.05) is 6.07 Å². The molecule has 2 unspecified atom stereocenters. The van der Waals surface area contributed by atoms with E-state index in [1.165, 1.54) is 25.9 Å². The van der Waals surface area contributed by atoms with E-state index < -0.39 is 0 Å². The van der Waals surface area contributed by atoms with Crippen LogP contribution in [0.3, 0.4) is 0 Å². The van der Waals surface area contributed by atoms with Crippen LogP contribution in [0.1, 0.15) is 38.0 Å². The first kappa shape index (κ1) is 12.7. The Bertz CT molecular complexity index is 310. The van der Waals surface area contributed by atoms with Crippen LogP contribution in [-0.2, 0) is 0 Å². The van der Waals surface area contributed by atoms with Gasteiger partial charge >= 0.3 is 0 Å². The van der Waals surface area contributed by atoms with E-state index in [4.69, 9.17) is 4.42 Å². The molecule has 17 heavy (non-hydrogen) atoms. The van der Waals surface area contributed by atoms with E-state index in [0.29, 0.717) is 6.04 Å². The van der Waals surface area contributed by atoms with Gasteiger partial charge in [-0.25, -0.2) is 0 Å². The Hall–Kier alpha value is -0.800. The van der Waals surface area contributed by atoms with Gasteiger partial charge in [0.25, 0.3) is 0 Å². The monoisotopic (exact) mass is 236 g/mol. The molecule has 0 spiro atoms. The highest BCUT2D eigenvalue weighted by Gasteiger charge is 2.19. The maximum Gasteiger partial charge on any atom is 0.120 e. The summed E-state index contributed by atoms with van der Waals surface area (Å²) >= 11 is 0. The standard InChI is InChI=1S/C14H24N2O/c1-3-13(14-7-5-9-17-14)15-10-12-6-4-8-16(2)11-12/h5,7,9,12-13,15H,3-4,6,8,10-11H2,1-2H3. The number of piperidine rings is 1. The minimum atomic E-state index is 0.372. The van der Waals surface area contributed by atoms with Gasteiger partial charge in [-0.1, -0.05) is 6.92 Å². The van der Waals surface area contributed by atoms with Crippen molar-refractivity contribution in [1.82, 2.24) is 10.2 Å². The lowest BCUT2D eigenvalue weighted by Crippen LogP contribution is -2.38. The molecule has 3 heteroatoms. The van der Waals surface area contributed by atoms with Crippen molar-refractivity contribution in [3.63, 3.8) is 0 Å². The Kier molecular flexibility index (Phi) is 4.63. The van der Waals surface area contributed by atoms with E-state index in [1.54, 1.807) is 6.26 Å². The van der Waals surface area contributed by atoms with Gasteiger partial charge in [0, 0.05) is 6.54 Å². The minimum Gasteiger partial charge on any atom is -0.468 e. The Morgan fingerprint density at radius 2 is 2.47 bits per heavy atom. The summed E-state index contributed by atoms with van der Waals surface area (Å²) in [4.78, 5) is 2.43. The highest BCUT2D eigenvalue weighted by Crippen LogP contribution is 2.19. The number of furan rings is 1. The SMILES string of the molecule is CCC(NCC1CCCN(C)C1)c1ccco1. The van der Waals surface area contributed by atoms with E-state index >= 15 is 0 Å². The summed E-state index contributed by atoms with van der Waals surface area (Å²) in [5, 5.41) is 3.64. The molecule has 0 aliphatic carbocycles. The molecule has 0 radical (unpaired) electrons. The zero-order valence-electron chi connectivity index (χ0n) is 11.0. The summed E-state index contributed by atoms with van der Waals surface area (Å²) in [5.74, 6) is 1.86. The average molecular weight is 236 g/mol. The molecule has 2 rings (SSSR count). The van der Waals surface area contributed by atoms with Crippen molar-refractivity contribution in [3.8, 4) is 0 Å². The fraction of sp³-hybridized carbons (Fsp3) is 0.714. The molecule has 1 aliphatic heterocycles. The first-order valence-corrected chi connectivity index (χ1v) is 6.75. The summed E-state index contributed by atoms with van der Waals surface area (Å²) in [5.41, 5.74) is 0. The Balaban J connectivity index is 1.80. The van der Waals surface area contributed by atoms with Crippen LogP contribution in [0.2, 0.25) is 0 Å². The molecule has 1 aliphatic rings. The fourth-order valence-corrected chi connectivity index (χ4v) is 2.68. The lowest BCUT2D eigenvalue weighted by Gasteiger charge is -2.30. The van der Waals surface area contributed by atoms with Gasteiger partial charge in [0.2, 0.25) is 0 Å². The molecule has 1 aromatic rings. The number of likely N-dealkylation sites (tertiary alicyclic amines) is 1. The van der Waals surface area contributed by atoms with Gasteiger partial charge in [-0.3, -0.25) is 0 Å². The fourth-order valence-electron chi connectivity index (χ4n) is 2.68. The zero-order chi connectivity index (χ0) is 12.1. The number of rotatable bonds is 5. The van der Waals surface area contributed by atoms with Gasteiger partial charge in [0.1, 0.15) is 5.76 Å². The summed E-state index contributed by atoms with van der Waals surface area (Å²) in [6, 6.07) is 4.40. The molecule has 2 atom stereocenters. The second-order valence-electron chi connectivity index (χ2n) is 5.15. The number of nitrogens with zero attached hydrogens (tertiary/aromatic N) is 1. The predicted molar refractivity (Wildman–Crippen MR) is 70.0 cm³/mol. The third kappa shape index (κ3) is 3.58. The maximum atomic E-state index is 5.47. The van der Waals surface area contributed by atoms with Gasteiger partial charge in [0.15, 0.2) is 0 Å². The molecule has 0 aromatic carbocycles. The maximum absolute atomic E-state index is 5.47. The third-order valence-electron chi connectivity index (χ3n) is 3.67. The number of hydrogen-bond acceptors (Lipinski definition) is 3. The molecule has 0 saturated carbocycles. The highest BCUT2D eigenvalue weighted by atomic mass is 16.3. The van der Waals surface area contributed by atoms with Crippen molar-refractivity contribution in [2.24, 2.45) is 5.92 Å². The molecule has 1 fully saturated rings. The largest absolute Gasteiger partial charge is 0.468 e. The number of hydrogen-bond donors (Lipinski definition) is 1. The van der Waals surface area contributed by atoms with Crippen LogP contribution in [0.4, 0.5) is 0 Å². The van der Waals surface area contributed by atoms with E-state index in [0.717, 1.165) is 24.6 Å². The van der Waals surface area contributed by atoms with Crippen LogP contribution in [-0.4, -0.2) is 31.6 Å². The van der Waals surface area contributed by atoms with E-state index in [9.17, 15) is 0 Å². The van der Waals surface area contributed by atoms with Crippen molar-refractivity contribution in [3.05, 3.63) is 24.2 Å². The van der Waals surface area contributed by atoms with Crippen LogP contribution in [0, 0.1) is 5.92 Å². The first-order chi connectivity index (χ1) is 8.29. The molecule has 96 valence electrons. The predicted octanol–water partition coefficient (Wildman–Crippen LogP) is 2.66. The Morgan fingerprint density at radius 1 is 1.59 bits per heavy atom. The molecule has 1 aromatic heterocycles. The summed E-state index contributed by atoms with van der Waals surface area (Å²) in [6.45, 7) is 5.78. The summed E-state index contributed by atoms with van der Waals surface area (Å²) < 4.78 is 5.47. The van der Waals surface area contributed by atoms with Crippen LogP contribution in [0.5, 0.6) is 0 Å². The Labute approximate surface area is 104 Å². The van der Waals surface area contributed by atoms with E-state index in [-0.39, 0.29) is 0 Å². The quantitative estimate of drug-likeness (QED) is 0.852. The second-order valence-corrected chi connectivity index (χ2v) is 5.15. The van der Waals surface area contributed by atoms with Crippen LogP contribution in [0.15, 0.2) is 22.8 Å². The lowest BCUT2D eigenvalue weighted by molar-refractivity contribution is 0.200. The smallest absolute Gasteiger partial charge is 0.120 e. The van der Waals surface area contributed by atoms with Gasteiger partial charge in [-0.2, -0.15) is 0 Å². The van der Waals surface area contributed by atoms with Crippen LogP contribution >= 0.6 is 0 Å². The van der Waals surface area contributed by atoms with Crippen molar-refractivity contribution in [1.29, 1.82) is 0 Å². The van der Waals surface area contributed by atoms with Crippen molar-refractivity contribution < 1.29 is 4.42 Å². The molecule has 2 heterocycles. The average Bonchev–Trinajstić information content (AvgIpc) is 2.84. The molecular formula is C14H24N2O. The zero-order valence-corrected chi connectivity index (χ0v) is 11.0. The molecule has 0 amide bonds. The third-order valence-corrected chi connectivity index (χ3v) is 3.67. The minimum absolute atomic E-state index is 0.372. The Morgan fingerprint density at radius 3 is 3.12 bits per heavy atom. The topological polar surface area (TPSA) is 28.4 Å². The van der Waals surface area contributed by atoms with Gasteiger partial charge in [-0.05, 0) is 57.5 Å². The molecule has 0 bridgehead atoms. The number of nitrogens with one attached hydrogen (secondary N) is 1.